The van der Waals surface area contributed by atoms with E-state index in [1.54, 1.807) is 0 Å². The third-order valence-corrected chi connectivity index (χ3v) is 45.3. The van der Waals surface area contributed by atoms with E-state index in [0.29, 0.717) is 7.35 Å². The summed E-state index contributed by atoms with van der Waals surface area (Å²) < 4.78 is 12.1. The van der Waals surface area contributed by atoms with Crippen LogP contribution in [0.1, 0.15) is 49.4 Å². The Labute approximate surface area is 279 Å². The first-order valence-corrected chi connectivity index (χ1v) is 41.6. The number of benzene rings is 4. The second kappa shape index (κ2) is 11.0. The summed E-state index contributed by atoms with van der Waals surface area (Å²) >= 11 is -4.50. The van der Waals surface area contributed by atoms with Crippen LogP contribution in [0.4, 0.5) is 0 Å². The average Bonchev–Trinajstić information content (AvgIpc) is 3.66. The average molecular weight is 807 g/mol. The summed E-state index contributed by atoms with van der Waals surface area (Å²) in [5.41, 5.74) is 11.4. The normalized spacial score (nSPS) is 19.0. The van der Waals surface area contributed by atoms with E-state index in [4.69, 9.17) is 0 Å². The van der Waals surface area contributed by atoms with E-state index in [1.165, 1.54) is 67.7 Å². The van der Waals surface area contributed by atoms with Crippen molar-refractivity contribution in [1.29, 1.82) is 0 Å². The molecule has 4 aromatic rings. The second-order valence-electron chi connectivity index (χ2n) is 18.5. The van der Waals surface area contributed by atoms with Gasteiger partial charge in [0.05, 0.1) is 0 Å². The molecule has 46 heavy (non-hydrogen) atoms. The van der Waals surface area contributed by atoms with Gasteiger partial charge in [-0.15, -0.1) is 0 Å². The Morgan fingerprint density at radius 3 is 1.30 bits per heavy atom. The van der Waals surface area contributed by atoms with Crippen molar-refractivity contribution in [3.05, 3.63) is 119 Å². The van der Waals surface area contributed by atoms with Gasteiger partial charge < -0.3 is 0 Å². The van der Waals surface area contributed by atoms with Gasteiger partial charge in [0.2, 0.25) is 0 Å². The Morgan fingerprint density at radius 1 is 0.565 bits per heavy atom. The fourth-order valence-electron chi connectivity index (χ4n) is 8.76. The van der Waals surface area contributed by atoms with E-state index in [-0.39, 0.29) is 0 Å². The predicted octanol–water partition coefficient (Wildman–Crippen LogP) is 11.9. The molecule has 6 rings (SSSR count). The molecule has 0 aliphatic heterocycles. The summed E-state index contributed by atoms with van der Waals surface area (Å²) in [7, 11) is -2.68. The van der Waals surface area contributed by atoms with Crippen LogP contribution in [-0.2, 0) is 16.5 Å². The van der Waals surface area contributed by atoms with Gasteiger partial charge in [-0.1, -0.05) is 0 Å². The molecule has 2 aliphatic rings. The van der Waals surface area contributed by atoms with Gasteiger partial charge in [-0.2, -0.15) is 0 Å². The first kappa shape index (κ1) is 33.4. The molecular weight excluding hydrogens is 751 g/mol. The van der Waals surface area contributed by atoms with E-state index >= 15 is 0 Å². The Kier molecular flexibility index (Phi) is 8.02. The van der Waals surface area contributed by atoms with Crippen molar-refractivity contribution in [1.82, 2.24) is 0 Å². The summed E-state index contributed by atoms with van der Waals surface area (Å²) in [5, 5.41) is 3.04. The van der Waals surface area contributed by atoms with E-state index < -0.39 is 32.7 Å². The third-order valence-electron chi connectivity index (χ3n) is 11.8. The van der Waals surface area contributed by atoms with Gasteiger partial charge in [0, 0.05) is 0 Å². The van der Waals surface area contributed by atoms with Crippen LogP contribution >= 0.6 is 0 Å². The fourth-order valence-corrected chi connectivity index (χ4v) is 37.2. The maximum absolute atomic E-state index is 4.50. The summed E-state index contributed by atoms with van der Waals surface area (Å²) in [6.07, 6.45) is 12.5. The van der Waals surface area contributed by atoms with E-state index in [9.17, 15) is 0 Å². The fraction of sp³-hybridized carbons (Fsp3) is 0.326. The minimum atomic E-state index is -4.50. The molecule has 0 nitrogen and oxygen atoms in total. The monoisotopic (exact) mass is 807 g/mol. The Hall–Kier alpha value is -2.47. The van der Waals surface area contributed by atoms with Crippen molar-refractivity contribution < 1.29 is 16.5 Å². The molecule has 2 atom stereocenters. The molecule has 2 unspecified atom stereocenters. The van der Waals surface area contributed by atoms with Crippen LogP contribution in [0, 0.1) is 0 Å². The van der Waals surface area contributed by atoms with Crippen molar-refractivity contribution in [3.63, 3.8) is 0 Å². The van der Waals surface area contributed by atoms with Gasteiger partial charge in [0.1, 0.15) is 0 Å². The Morgan fingerprint density at radius 2 is 0.957 bits per heavy atom. The molecule has 0 fully saturated rings. The van der Waals surface area contributed by atoms with E-state index in [2.05, 4.69) is 173 Å². The molecule has 0 saturated carbocycles. The minimum absolute atomic E-state index is 0.429. The van der Waals surface area contributed by atoms with Crippen LogP contribution in [0.2, 0.25) is 53.3 Å². The molecule has 2 aliphatic carbocycles. The van der Waals surface area contributed by atoms with Crippen molar-refractivity contribution in [2.75, 3.05) is 0 Å². The summed E-state index contributed by atoms with van der Waals surface area (Å²) in [6.45, 7) is 16.9. The Bertz CT molecular complexity index is 1820. The van der Waals surface area contributed by atoms with Crippen LogP contribution < -0.4 is 10.4 Å². The van der Waals surface area contributed by atoms with Crippen LogP contribution in [0.15, 0.2) is 97.1 Å². The van der Waals surface area contributed by atoms with Gasteiger partial charge in [-0.05, 0) is 0 Å². The van der Waals surface area contributed by atoms with E-state index in [1.807, 2.05) is 0 Å². The molecule has 0 amide bonds. The molecule has 4 aromatic carbocycles. The standard InChI is InChI=1S/2C18H19Si.C4H8.3CH3.Hf/c2*1-19(2,3)16-12-10-15(11-13-16)18-9-5-7-14-6-4-8-17(14)18;1-3-4-2;;;;/h2*4-13H,1-3H3;1H,3-4H2,2H3;3*1H3;. The number of unbranched alkanes of at least 4 members (excludes halogenated alkanes) is 1. The number of rotatable bonds is 8. The van der Waals surface area contributed by atoms with Gasteiger partial charge >= 0.3 is 281 Å². The quantitative estimate of drug-likeness (QED) is 0.156. The second-order valence-corrected chi connectivity index (χ2v) is 67.7. The third kappa shape index (κ3) is 5.59. The zero-order valence-electron chi connectivity index (χ0n) is 30.0. The SMILES string of the molecule is CCC[CH]=[Hf]([CH3])([CH3])([CH3])([CH]1C=Cc2c(-c3ccc([Si](C)(C)C)cc3)cccc21)[CH]1C=Cc2c(-c3ccc([Si](C)(C)C)cc3)cccc21. The van der Waals surface area contributed by atoms with Gasteiger partial charge in [0.15, 0.2) is 0 Å². The summed E-state index contributed by atoms with van der Waals surface area (Å²) in [4.78, 5) is 0. The van der Waals surface area contributed by atoms with Crippen molar-refractivity contribution in [3.8, 4) is 22.3 Å². The van der Waals surface area contributed by atoms with E-state index in [0.717, 1.165) is 0 Å². The number of allylic oxidation sites excluding steroid dienone is 2. The maximum atomic E-state index is 2.90. The van der Waals surface area contributed by atoms with Gasteiger partial charge in [-0.25, -0.2) is 0 Å². The molecule has 0 aromatic heterocycles. The summed E-state index contributed by atoms with van der Waals surface area (Å²) in [5.74, 6) is 0. The van der Waals surface area contributed by atoms with Crippen molar-refractivity contribution >= 4 is 42.4 Å². The van der Waals surface area contributed by atoms with Crippen molar-refractivity contribution in [2.24, 2.45) is 0 Å². The molecule has 0 bridgehead atoms. The predicted molar refractivity (Wildman–Crippen MR) is 212 cm³/mol. The first-order valence-electron chi connectivity index (χ1n) is 17.6. The topological polar surface area (TPSA) is 0 Å². The molecular formula is C43H55HfSi2. The molecule has 3 heteroatoms. The molecule has 0 saturated heterocycles. The summed E-state index contributed by atoms with van der Waals surface area (Å²) in [6, 6.07) is 33.2. The molecule has 0 radical (unpaired) electrons. The molecule has 0 heterocycles. The number of hydrogen-bond donors (Lipinski definition) is 0. The van der Waals surface area contributed by atoms with Gasteiger partial charge in [0.25, 0.3) is 0 Å². The van der Waals surface area contributed by atoms with Crippen LogP contribution in [0.3, 0.4) is 0 Å². The number of hydrogen-bond acceptors (Lipinski definition) is 0. The van der Waals surface area contributed by atoms with Gasteiger partial charge in [-0.3, -0.25) is 0 Å². The Balaban J connectivity index is 1.47. The zero-order valence-corrected chi connectivity index (χ0v) is 35.6. The van der Waals surface area contributed by atoms with Crippen LogP contribution in [0.25, 0.3) is 34.4 Å². The zero-order chi connectivity index (χ0) is 33.2. The number of fused-ring (bicyclic) bond motifs is 2. The molecule has 0 spiro atoms. The van der Waals surface area contributed by atoms with Crippen molar-refractivity contribution in [2.45, 2.75) is 80.4 Å². The molecule has 0 N–H and O–H groups in total. The first-order chi connectivity index (χ1) is 21.5. The van der Waals surface area contributed by atoms with Crippen LogP contribution in [0.5, 0.6) is 0 Å². The molecule has 239 valence electrons. The van der Waals surface area contributed by atoms with Crippen LogP contribution in [-0.4, -0.2) is 19.9 Å².